The van der Waals surface area contributed by atoms with Crippen molar-refractivity contribution in [3.63, 3.8) is 0 Å². The van der Waals surface area contributed by atoms with Gasteiger partial charge < -0.3 is 19.3 Å². The molecule has 0 bridgehead atoms. The average molecular weight is 268 g/mol. The Morgan fingerprint density at radius 1 is 1.26 bits per heavy atom. The highest BCUT2D eigenvalue weighted by molar-refractivity contribution is 5.71. The van der Waals surface area contributed by atoms with Crippen molar-refractivity contribution in [2.45, 2.75) is 20.3 Å². The van der Waals surface area contributed by atoms with Crippen LogP contribution in [0.4, 0.5) is 0 Å². The molecule has 0 heterocycles. The Morgan fingerprint density at radius 2 is 1.95 bits per heavy atom. The van der Waals surface area contributed by atoms with Crippen molar-refractivity contribution < 1.29 is 24.1 Å². The number of carbonyl (C=O) groups is 1. The van der Waals surface area contributed by atoms with E-state index in [4.69, 9.17) is 19.3 Å². The quantitative estimate of drug-likeness (QED) is 0.445. The zero-order valence-electron chi connectivity index (χ0n) is 11.3. The van der Waals surface area contributed by atoms with E-state index in [0.717, 1.165) is 6.42 Å². The lowest BCUT2D eigenvalue weighted by Gasteiger charge is -2.10. The smallest absolute Gasteiger partial charge is 0.308 e. The van der Waals surface area contributed by atoms with Crippen LogP contribution in [0.25, 0.3) is 0 Å². The first-order valence-corrected chi connectivity index (χ1v) is 6.29. The third kappa shape index (κ3) is 6.10. The molecule has 0 saturated heterocycles. The highest BCUT2D eigenvalue weighted by Gasteiger charge is 2.11. The minimum Gasteiger partial charge on any atom is -0.508 e. The molecule has 19 heavy (non-hydrogen) atoms. The molecule has 1 rings (SSSR count). The van der Waals surface area contributed by atoms with Gasteiger partial charge in [0, 0.05) is 0 Å². The van der Waals surface area contributed by atoms with E-state index in [1.807, 2.05) is 13.8 Å². The van der Waals surface area contributed by atoms with Crippen LogP contribution in [0.2, 0.25) is 0 Å². The largest absolute Gasteiger partial charge is 0.508 e. The number of phenols is 1. The van der Waals surface area contributed by atoms with Crippen molar-refractivity contribution in [1.29, 1.82) is 0 Å². The van der Waals surface area contributed by atoms with Crippen molar-refractivity contribution >= 4 is 5.97 Å². The van der Waals surface area contributed by atoms with Gasteiger partial charge in [-0.1, -0.05) is 13.8 Å². The van der Waals surface area contributed by atoms with Gasteiger partial charge in [0.05, 0.1) is 12.5 Å². The molecule has 0 amide bonds. The third-order valence-electron chi connectivity index (χ3n) is 2.63. The van der Waals surface area contributed by atoms with E-state index in [2.05, 4.69) is 0 Å². The van der Waals surface area contributed by atoms with Gasteiger partial charge in [-0.15, -0.1) is 0 Å². The zero-order chi connectivity index (χ0) is 14.1. The molecule has 0 aromatic heterocycles. The summed E-state index contributed by atoms with van der Waals surface area (Å²) in [6, 6.07) is 6.34. The molecule has 0 spiro atoms. The van der Waals surface area contributed by atoms with Gasteiger partial charge in [0.1, 0.15) is 18.1 Å². The number of aromatic hydroxyl groups is 1. The van der Waals surface area contributed by atoms with E-state index >= 15 is 0 Å². The van der Waals surface area contributed by atoms with Crippen LogP contribution < -0.4 is 4.74 Å². The van der Waals surface area contributed by atoms with Crippen molar-refractivity contribution in [2.75, 3.05) is 20.0 Å². The molecule has 1 aromatic carbocycles. The second-order valence-electron chi connectivity index (χ2n) is 4.14. The van der Waals surface area contributed by atoms with Gasteiger partial charge >= 0.3 is 5.97 Å². The fourth-order valence-corrected chi connectivity index (χ4v) is 1.22. The summed E-state index contributed by atoms with van der Waals surface area (Å²) in [4.78, 5) is 11.3. The highest BCUT2D eigenvalue weighted by Crippen LogP contribution is 2.15. The number of esters is 1. The van der Waals surface area contributed by atoms with E-state index in [1.54, 1.807) is 12.1 Å². The van der Waals surface area contributed by atoms with Crippen LogP contribution in [-0.2, 0) is 14.3 Å². The normalized spacial score (nSPS) is 11.9. The number of carbonyl (C=O) groups excluding carboxylic acids is 1. The Kier molecular flexibility index (Phi) is 6.74. The lowest BCUT2D eigenvalue weighted by atomic mass is 10.1. The first kappa shape index (κ1) is 15.3. The molecule has 5 heteroatoms. The molecule has 0 aliphatic rings. The van der Waals surface area contributed by atoms with Crippen molar-refractivity contribution in [3.05, 3.63) is 24.3 Å². The van der Waals surface area contributed by atoms with Crippen molar-refractivity contribution in [2.24, 2.45) is 5.92 Å². The summed E-state index contributed by atoms with van der Waals surface area (Å²) in [5, 5.41) is 9.08. The predicted octanol–water partition coefficient (Wildman–Crippen LogP) is 2.33. The molecule has 106 valence electrons. The second-order valence-corrected chi connectivity index (χ2v) is 4.14. The first-order chi connectivity index (χ1) is 9.13. The monoisotopic (exact) mass is 268 g/mol. The van der Waals surface area contributed by atoms with E-state index in [0.29, 0.717) is 12.4 Å². The fraction of sp³-hybridized carbons (Fsp3) is 0.500. The molecule has 0 saturated carbocycles. The van der Waals surface area contributed by atoms with E-state index < -0.39 is 0 Å². The number of hydrogen-bond donors (Lipinski definition) is 1. The van der Waals surface area contributed by atoms with Crippen LogP contribution in [0, 0.1) is 5.92 Å². The average Bonchev–Trinajstić information content (AvgIpc) is 2.43. The SMILES string of the molecule is CCC(C)C(=O)OCCOCOc1ccc(O)cc1. The molecule has 1 N–H and O–H groups in total. The fourth-order valence-electron chi connectivity index (χ4n) is 1.22. The van der Waals surface area contributed by atoms with Crippen LogP contribution >= 0.6 is 0 Å². The van der Waals surface area contributed by atoms with Crippen LogP contribution in [0.15, 0.2) is 24.3 Å². The van der Waals surface area contributed by atoms with Crippen molar-refractivity contribution in [1.82, 2.24) is 0 Å². The minimum atomic E-state index is -0.203. The van der Waals surface area contributed by atoms with Gasteiger partial charge in [-0.2, -0.15) is 0 Å². The topological polar surface area (TPSA) is 65.0 Å². The Hall–Kier alpha value is -1.75. The Balaban J connectivity index is 2.05. The van der Waals surface area contributed by atoms with Gasteiger partial charge in [-0.3, -0.25) is 4.79 Å². The van der Waals surface area contributed by atoms with Crippen molar-refractivity contribution in [3.8, 4) is 11.5 Å². The molecule has 5 nitrogen and oxygen atoms in total. The Labute approximate surface area is 113 Å². The number of rotatable bonds is 8. The summed E-state index contributed by atoms with van der Waals surface area (Å²) < 4.78 is 15.4. The van der Waals surface area contributed by atoms with Gasteiger partial charge in [-0.25, -0.2) is 0 Å². The standard InChI is InChI=1S/C14H20O5/c1-3-11(2)14(16)18-9-8-17-10-19-13-6-4-12(15)5-7-13/h4-7,11,15H,3,8-10H2,1-2H3. The molecule has 0 radical (unpaired) electrons. The van der Waals surface area contributed by atoms with Gasteiger partial charge in [0.15, 0.2) is 6.79 Å². The maximum Gasteiger partial charge on any atom is 0.308 e. The Morgan fingerprint density at radius 3 is 2.58 bits per heavy atom. The first-order valence-electron chi connectivity index (χ1n) is 6.29. The summed E-state index contributed by atoms with van der Waals surface area (Å²) in [6.45, 7) is 4.36. The second kappa shape index (κ2) is 8.37. The molecule has 1 atom stereocenters. The van der Waals surface area contributed by atoms with Crippen LogP contribution in [0.5, 0.6) is 11.5 Å². The number of ether oxygens (including phenoxy) is 3. The Bertz CT molecular complexity index is 374. The summed E-state index contributed by atoms with van der Waals surface area (Å²) in [6.07, 6.45) is 0.768. The van der Waals surface area contributed by atoms with Crippen LogP contribution in [0.3, 0.4) is 0 Å². The van der Waals surface area contributed by atoms with Gasteiger partial charge in [0.2, 0.25) is 0 Å². The number of hydrogen-bond acceptors (Lipinski definition) is 5. The molecule has 0 fully saturated rings. The van der Waals surface area contributed by atoms with Gasteiger partial charge in [-0.05, 0) is 30.7 Å². The molecule has 1 aromatic rings. The molecule has 0 aliphatic heterocycles. The molecule has 1 unspecified atom stereocenters. The molecular weight excluding hydrogens is 248 g/mol. The summed E-state index contributed by atoms with van der Waals surface area (Å²) >= 11 is 0. The summed E-state index contributed by atoms with van der Waals surface area (Å²) in [5.74, 6) is 0.512. The maximum absolute atomic E-state index is 11.3. The maximum atomic E-state index is 11.3. The van der Waals surface area contributed by atoms with Crippen LogP contribution in [0.1, 0.15) is 20.3 Å². The van der Waals surface area contributed by atoms with E-state index in [9.17, 15) is 4.79 Å². The third-order valence-corrected chi connectivity index (χ3v) is 2.63. The highest BCUT2D eigenvalue weighted by atomic mass is 16.7. The zero-order valence-corrected chi connectivity index (χ0v) is 11.3. The predicted molar refractivity (Wildman–Crippen MR) is 70.0 cm³/mol. The summed E-state index contributed by atoms with van der Waals surface area (Å²) in [7, 11) is 0. The molecular formula is C14H20O5. The van der Waals surface area contributed by atoms with E-state index in [-0.39, 0.29) is 31.0 Å². The minimum absolute atomic E-state index is 0.0751. The number of benzene rings is 1. The lowest BCUT2D eigenvalue weighted by molar-refractivity contribution is -0.150. The van der Waals surface area contributed by atoms with Gasteiger partial charge in [0.25, 0.3) is 0 Å². The molecule has 0 aliphatic carbocycles. The van der Waals surface area contributed by atoms with Crippen LogP contribution in [-0.4, -0.2) is 31.1 Å². The number of phenolic OH excluding ortho intramolecular Hbond substituents is 1. The lowest BCUT2D eigenvalue weighted by Crippen LogP contribution is -2.17. The summed E-state index contributed by atoms with van der Waals surface area (Å²) in [5.41, 5.74) is 0. The van der Waals surface area contributed by atoms with E-state index in [1.165, 1.54) is 12.1 Å².